The maximum atomic E-state index is 3.79. The molecule has 1 aromatic carbocycles. The van der Waals surface area contributed by atoms with Gasteiger partial charge in [-0.15, -0.1) is 0 Å². The van der Waals surface area contributed by atoms with E-state index in [-0.39, 0.29) is 0 Å². The number of nitrogens with one attached hydrogen (secondary N) is 2. The highest BCUT2D eigenvalue weighted by Crippen LogP contribution is 2.35. The lowest BCUT2D eigenvalue weighted by Crippen LogP contribution is -2.47. The molecular formula is C16H24N2. The van der Waals surface area contributed by atoms with E-state index in [1.54, 1.807) is 0 Å². The molecule has 2 N–H and O–H groups in total. The highest BCUT2D eigenvalue weighted by molar-refractivity contribution is 5.27. The van der Waals surface area contributed by atoms with Gasteiger partial charge in [0.25, 0.3) is 0 Å². The van der Waals surface area contributed by atoms with Crippen LogP contribution in [0, 0.1) is 5.92 Å². The highest BCUT2D eigenvalue weighted by Gasteiger charge is 2.38. The van der Waals surface area contributed by atoms with E-state index in [9.17, 15) is 0 Å². The molecule has 0 bridgehead atoms. The summed E-state index contributed by atoms with van der Waals surface area (Å²) in [5, 5.41) is 7.28. The van der Waals surface area contributed by atoms with Crippen molar-refractivity contribution in [2.24, 2.45) is 5.92 Å². The van der Waals surface area contributed by atoms with E-state index in [0.29, 0.717) is 5.41 Å². The largest absolute Gasteiger partial charge is 0.317 e. The zero-order valence-electron chi connectivity index (χ0n) is 11.3. The van der Waals surface area contributed by atoms with Gasteiger partial charge in [-0.25, -0.2) is 0 Å². The van der Waals surface area contributed by atoms with Gasteiger partial charge in [0.1, 0.15) is 0 Å². The molecule has 2 atom stereocenters. The molecule has 0 aromatic heterocycles. The quantitative estimate of drug-likeness (QED) is 0.849. The number of piperidine rings is 1. The number of benzene rings is 1. The van der Waals surface area contributed by atoms with Crippen molar-refractivity contribution < 1.29 is 0 Å². The van der Waals surface area contributed by atoms with Gasteiger partial charge in [0.15, 0.2) is 0 Å². The fraction of sp³-hybridized carbons (Fsp3) is 0.625. The highest BCUT2D eigenvalue weighted by atomic mass is 15.0. The van der Waals surface area contributed by atoms with E-state index in [4.69, 9.17) is 0 Å². The minimum Gasteiger partial charge on any atom is -0.317 e. The Kier molecular flexibility index (Phi) is 3.40. The summed E-state index contributed by atoms with van der Waals surface area (Å²) >= 11 is 0. The second kappa shape index (κ2) is 5.02. The third-order valence-corrected chi connectivity index (χ3v) is 4.76. The summed E-state index contributed by atoms with van der Waals surface area (Å²) in [4.78, 5) is 0. The minimum atomic E-state index is 0.356. The molecule has 3 rings (SSSR count). The van der Waals surface area contributed by atoms with E-state index < -0.39 is 0 Å². The average molecular weight is 244 g/mol. The van der Waals surface area contributed by atoms with Gasteiger partial charge in [-0.2, -0.15) is 0 Å². The summed E-state index contributed by atoms with van der Waals surface area (Å²) in [5.41, 5.74) is 1.88. The SMILES string of the molecule is CC1CC1NCC1(c2ccccc2)CCNCC1. The number of hydrogen-bond donors (Lipinski definition) is 2. The first-order valence-corrected chi connectivity index (χ1v) is 7.30. The topological polar surface area (TPSA) is 24.1 Å². The maximum Gasteiger partial charge on any atom is 0.0102 e. The van der Waals surface area contributed by atoms with E-state index in [1.807, 2.05) is 0 Å². The molecule has 1 aliphatic carbocycles. The minimum absolute atomic E-state index is 0.356. The Labute approximate surface area is 110 Å². The van der Waals surface area contributed by atoms with E-state index in [0.717, 1.165) is 31.6 Å². The van der Waals surface area contributed by atoms with E-state index in [1.165, 1.54) is 24.8 Å². The summed E-state index contributed by atoms with van der Waals surface area (Å²) in [6.45, 7) is 5.79. The van der Waals surface area contributed by atoms with Crippen LogP contribution in [0.5, 0.6) is 0 Å². The first-order chi connectivity index (χ1) is 8.80. The van der Waals surface area contributed by atoms with Crippen LogP contribution >= 0.6 is 0 Å². The van der Waals surface area contributed by atoms with Crippen LogP contribution in [0.2, 0.25) is 0 Å². The fourth-order valence-corrected chi connectivity index (χ4v) is 3.20. The molecule has 1 heterocycles. The van der Waals surface area contributed by atoms with Gasteiger partial charge in [0.2, 0.25) is 0 Å². The fourth-order valence-electron chi connectivity index (χ4n) is 3.20. The van der Waals surface area contributed by atoms with Crippen LogP contribution in [-0.4, -0.2) is 25.7 Å². The second-order valence-corrected chi connectivity index (χ2v) is 6.10. The Morgan fingerprint density at radius 1 is 1.22 bits per heavy atom. The second-order valence-electron chi connectivity index (χ2n) is 6.10. The Morgan fingerprint density at radius 3 is 2.50 bits per heavy atom. The van der Waals surface area contributed by atoms with Crippen LogP contribution in [0.25, 0.3) is 0 Å². The molecule has 2 nitrogen and oxygen atoms in total. The van der Waals surface area contributed by atoms with Crippen LogP contribution in [0.15, 0.2) is 30.3 Å². The Bertz CT molecular complexity index is 381. The van der Waals surface area contributed by atoms with Gasteiger partial charge < -0.3 is 10.6 Å². The zero-order valence-corrected chi connectivity index (χ0v) is 11.3. The Balaban J connectivity index is 1.75. The van der Waals surface area contributed by atoms with Crippen LogP contribution in [0.1, 0.15) is 31.7 Å². The summed E-state index contributed by atoms with van der Waals surface area (Å²) in [5.74, 6) is 0.888. The molecular weight excluding hydrogens is 220 g/mol. The summed E-state index contributed by atoms with van der Waals surface area (Å²) in [7, 11) is 0. The lowest BCUT2D eigenvalue weighted by atomic mass is 9.73. The molecule has 1 aromatic rings. The van der Waals surface area contributed by atoms with Gasteiger partial charge in [0, 0.05) is 18.0 Å². The van der Waals surface area contributed by atoms with Gasteiger partial charge >= 0.3 is 0 Å². The van der Waals surface area contributed by atoms with Gasteiger partial charge in [-0.1, -0.05) is 37.3 Å². The van der Waals surface area contributed by atoms with Crippen molar-refractivity contribution in [2.75, 3.05) is 19.6 Å². The molecule has 2 heteroatoms. The van der Waals surface area contributed by atoms with Crippen molar-refractivity contribution in [3.8, 4) is 0 Å². The number of rotatable bonds is 4. The molecule has 0 radical (unpaired) electrons. The molecule has 1 aliphatic heterocycles. The molecule has 0 amide bonds. The van der Waals surface area contributed by atoms with Crippen molar-refractivity contribution >= 4 is 0 Å². The van der Waals surface area contributed by atoms with Crippen molar-refractivity contribution in [2.45, 2.75) is 37.6 Å². The molecule has 2 unspecified atom stereocenters. The Hall–Kier alpha value is -0.860. The first kappa shape index (κ1) is 12.2. The summed E-state index contributed by atoms with van der Waals surface area (Å²) in [6.07, 6.45) is 3.87. The van der Waals surface area contributed by atoms with Crippen LogP contribution in [0.4, 0.5) is 0 Å². The third-order valence-electron chi connectivity index (χ3n) is 4.76. The van der Waals surface area contributed by atoms with Gasteiger partial charge in [0.05, 0.1) is 0 Å². The predicted octanol–water partition coefficient (Wildman–Crippen LogP) is 2.31. The molecule has 2 aliphatic rings. The van der Waals surface area contributed by atoms with Crippen LogP contribution < -0.4 is 10.6 Å². The summed E-state index contributed by atoms with van der Waals surface area (Å²) < 4.78 is 0. The molecule has 1 saturated heterocycles. The van der Waals surface area contributed by atoms with Crippen molar-refractivity contribution in [3.05, 3.63) is 35.9 Å². The molecule has 1 saturated carbocycles. The molecule has 98 valence electrons. The predicted molar refractivity (Wildman–Crippen MR) is 75.8 cm³/mol. The normalized spacial score (nSPS) is 30.1. The smallest absolute Gasteiger partial charge is 0.0102 e. The lowest BCUT2D eigenvalue weighted by molar-refractivity contribution is 0.291. The van der Waals surface area contributed by atoms with Crippen LogP contribution in [-0.2, 0) is 5.41 Å². The standard InChI is InChI=1S/C16H24N2/c1-13-11-15(13)18-12-16(7-9-17-10-8-16)14-5-3-2-4-6-14/h2-6,13,15,17-18H,7-12H2,1H3. The van der Waals surface area contributed by atoms with Crippen molar-refractivity contribution in [1.82, 2.24) is 10.6 Å². The zero-order chi connectivity index (χ0) is 12.4. The Morgan fingerprint density at radius 2 is 1.89 bits per heavy atom. The molecule has 2 fully saturated rings. The molecule has 0 spiro atoms. The first-order valence-electron chi connectivity index (χ1n) is 7.30. The average Bonchev–Trinajstić information content (AvgIpc) is 3.15. The third kappa shape index (κ3) is 2.45. The van der Waals surface area contributed by atoms with Crippen LogP contribution in [0.3, 0.4) is 0 Å². The molecule has 18 heavy (non-hydrogen) atoms. The van der Waals surface area contributed by atoms with E-state index in [2.05, 4.69) is 47.9 Å². The van der Waals surface area contributed by atoms with Gasteiger partial charge in [-0.3, -0.25) is 0 Å². The lowest BCUT2D eigenvalue weighted by Gasteiger charge is -2.38. The van der Waals surface area contributed by atoms with Crippen molar-refractivity contribution in [3.63, 3.8) is 0 Å². The number of hydrogen-bond acceptors (Lipinski definition) is 2. The maximum absolute atomic E-state index is 3.79. The van der Waals surface area contributed by atoms with Crippen molar-refractivity contribution in [1.29, 1.82) is 0 Å². The van der Waals surface area contributed by atoms with E-state index >= 15 is 0 Å². The monoisotopic (exact) mass is 244 g/mol. The summed E-state index contributed by atoms with van der Waals surface area (Å²) in [6, 6.07) is 11.9. The van der Waals surface area contributed by atoms with Gasteiger partial charge in [-0.05, 0) is 43.8 Å².